The minimum atomic E-state index is -1.57. The lowest BCUT2D eigenvalue weighted by molar-refractivity contribution is -0.302. The van der Waals surface area contributed by atoms with Crippen molar-refractivity contribution < 1.29 is 152 Å². The number of nitrogens with one attached hydrogen (secondary N) is 4. The molecule has 0 aromatic heterocycles. The fourth-order valence-electron chi connectivity index (χ4n) is 9.19. The van der Waals surface area contributed by atoms with Crippen molar-refractivity contribution in [3.05, 3.63) is 0 Å². The second kappa shape index (κ2) is 51.0. The van der Waals surface area contributed by atoms with Crippen LogP contribution < -0.4 is 21.3 Å². The number of nitrogens with zero attached hydrogens (tertiary/aromatic N) is 1. The molecule has 0 bridgehead atoms. The highest BCUT2D eigenvalue weighted by molar-refractivity contribution is 5.77. The first-order valence-electron chi connectivity index (χ1n) is 32.1. The second-order valence-electron chi connectivity index (χ2n) is 22.4. The first kappa shape index (κ1) is 85.0. The highest BCUT2D eigenvalue weighted by Gasteiger charge is 2.46. The van der Waals surface area contributed by atoms with Crippen LogP contribution in [0.5, 0.6) is 0 Å². The Bertz CT molecular complexity index is 1780. The maximum atomic E-state index is 13.7. The number of carbonyl (C=O) groups excluding carboxylic acids is 4. The van der Waals surface area contributed by atoms with Crippen LogP contribution in [0.25, 0.3) is 0 Å². The molecule has 0 aromatic rings. The molecule has 36 nitrogen and oxygen atoms in total. The highest BCUT2D eigenvalue weighted by Crippen LogP contribution is 2.24. The Balaban J connectivity index is 1.46. The van der Waals surface area contributed by atoms with Crippen LogP contribution in [0.3, 0.4) is 0 Å². The van der Waals surface area contributed by atoms with E-state index in [1.807, 2.05) is 7.05 Å². The number of unbranched alkanes of at least 4 members (excludes halogenated alkanes) is 2. The van der Waals surface area contributed by atoms with Gasteiger partial charge in [0.15, 0.2) is 18.9 Å². The minimum Gasteiger partial charge on any atom is -0.394 e. The van der Waals surface area contributed by atoms with Gasteiger partial charge in [0.25, 0.3) is 0 Å². The summed E-state index contributed by atoms with van der Waals surface area (Å²) < 4.78 is 83.1. The predicted octanol–water partition coefficient (Wildman–Crippen LogP) is -8.53. The first-order valence-corrected chi connectivity index (χ1v) is 32.1. The largest absolute Gasteiger partial charge is 0.394 e. The molecule has 16 N–H and O–H groups in total. The highest BCUT2D eigenvalue weighted by atomic mass is 16.7. The number of aliphatic hydroxyl groups is 12. The standard InChI is InChI=1S/C58H109N5O31/c1-3-63(2)14-6-4-5-7-45(70)62-58(36-86-15-8-42(67)59-11-18-80-21-24-83-27-30-89-55-52(77)49(74)46(71)39(33-64)92-55,37-87-16-9-43(68)60-12-19-81-22-25-84-28-31-90-56-53(78)50(75)47(72)40(34-65)93-56)38-88-17-10-44(69)61-13-20-82-23-26-85-29-32-91-57-54(79)51(76)48(73)41(35-66)94-57/h39-41,46-57,64-66,71-79H,3-38H2,1-2H3,(H,59,67)(H,60,68)(H,61,69)(H,62,70)/t39?,40?,41?,46-,47-,48-,49-,50-,51-,52?,53?,54?,55+,56+,57+,58?/m0/s1. The van der Waals surface area contributed by atoms with E-state index in [4.69, 9.17) is 71.1 Å². The third-order valence-corrected chi connectivity index (χ3v) is 14.8. The van der Waals surface area contributed by atoms with Crippen LogP contribution in [0.4, 0.5) is 0 Å². The molecule has 3 fully saturated rings. The molecule has 0 radical (unpaired) electrons. The third-order valence-electron chi connectivity index (χ3n) is 14.8. The lowest BCUT2D eigenvalue weighted by atomic mass is 9.99. The van der Waals surface area contributed by atoms with Crippen molar-refractivity contribution in [3.63, 3.8) is 0 Å². The lowest BCUT2D eigenvalue weighted by Gasteiger charge is -2.39. The molecule has 3 aliphatic heterocycles. The summed E-state index contributed by atoms with van der Waals surface area (Å²) in [6, 6.07) is 0. The molecule has 3 heterocycles. The van der Waals surface area contributed by atoms with E-state index in [-0.39, 0.29) is 208 Å². The number of amides is 4. The van der Waals surface area contributed by atoms with Gasteiger partial charge in [0.05, 0.1) is 159 Å². The molecule has 3 saturated heterocycles. The Kier molecular flexibility index (Phi) is 46.1. The summed E-state index contributed by atoms with van der Waals surface area (Å²) in [5, 5.41) is 129. The fourth-order valence-corrected chi connectivity index (χ4v) is 9.19. The van der Waals surface area contributed by atoms with E-state index in [0.29, 0.717) is 6.42 Å². The van der Waals surface area contributed by atoms with E-state index < -0.39 is 117 Å². The first-order chi connectivity index (χ1) is 45.3. The topological polar surface area (TPSA) is 501 Å². The summed E-state index contributed by atoms with van der Waals surface area (Å²) in [6.07, 6.45) is -18.7. The Morgan fingerprint density at radius 3 is 0.989 bits per heavy atom. The van der Waals surface area contributed by atoms with Crippen LogP contribution in [0.1, 0.15) is 51.9 Å². The van der Waals surface area contributed by atoms with E-state index in [0.717, 1.165) is 25.9 Å². The maximum Gasteiger partial charge on any atom is 0.222 e. The summed E-state index contributed by atoms with van der Waals surface area (Å²) in [7, 11) is 2.01. The van der Waals surface area contributed by atoms with Crippen LogP contribution in [-0.2, 0) is 90.2 Å². The van der Waals surface area contributed by atoms with Crippen molar-refractivity contribution in [2.75, 3.05) is 198 Å². The molecule has 4 amide bonds. The summed E-state index contributed by atoms with van der Waals surface area (Å²) in [5.74, 6) is -1.39. The Hall–Kier alpha value is -3.24. The number of ether oxygens (including phenoxy) is 15. The normalized spacial score (nSPS) is 27.1. The van der Waals surface area contributed by atoms with Gasteiger partial charge in [0.2, 0.25) is 23.6 Å². The number of hydrogen-bond donors (Lipinski definition) is 16. The maximum absolute atomic E-state index is 13.7. The predicted molar refractivity (Wildman–Crippen MR) is 322 cm³/mol. The Morgan fingerprint density at radius 2 is 0.681 bits per heavy atom. The fraction of sp³-hybridized carbons (Fsp3) is 0.931. The summed E-state index contributed by atoms with van der Waals surface area (Å²) >= 11 is 0. The van der Waals surface area contributed by atoms with Crippen LogP contribution >= 0.6 is 0 Å². The Labute approximate surface area is 547 Å². The van der Waals surface area contributed by atoms with Crippen molar-refractivity contribution >= 4 is 23.6 Å². The SMILES string of the molecule is CCN(C)CCCCCC(=O)NC(COCCC(=O)NCCOCCOCCO[C@@H]1OC(CO)[C@H](O)[C@H](O)C1O)(COCCC(=O)NCCOCCOCCO[C@@H]1OC(CO)[C@H](O)[C@H](O)C1O)COCCC(=O)NCCOCCOCCO[C@@H]1OC(CO)[C@H](O)[C@H](O)C1O. The van der Waals surface area contributed by atoms with Gasteiger partial charge >= 0.3 is 0 Å². The molecule has 3 rings (SSSR count). The van der Waals surface area contributed by atoms with Crippen molar-refractivity contribution in [2.45, 2.75) is 150 Å². The summed E-state index contributed by atoms with van der Waals surface area (Å²) in [6.45, 7) is 3.31. The Morgan fingerprint density at radius 1 is 0.372 bits per heavy atom. The van der Waals surface area contributed by atoms with Gasteiger partial charge in [-0.25, -0.2) is 0 Å². The second-order valence-corrected chi connectivity index (χ2v) is 22.4. The van der Waals surface area contributed by atoms with E-state index in [2.05, 4.69) is 33.1 Å². The van der Waals surface area contributed by atoms with Crippen molar-refractivity contribution in [2.24, 2.45) is 0 Å². The molecule has 0 aliphatic carbocycles. The van der Waals surface area contributed by atoms with Gasteiger partial charge in [-0.3, -0.25) is 19.2 Å². The molecule has 0 spiro atoms. The molecular formula is C58H109N5O31. The van der Waals surface area contributed by atoms with E-state index in [1.165, 1.54) is 0 Å². The third kappa shape index (κ3) is 34.5. The van der Waals surface area contributed by atoms with Gasteiger partial charge in [0, 0.05) is 45.3 Å². The van der Waals surface area contributed by atoms with Crippen molar-refractivity contribution in [3.8, 4) is 0 Å². The molecule has 36 heteroatoms. The molecule has 0 saturated carbocycles. The zero-order chi connectivity index (χ0) is 68.9. The van der Waals surface area contributed by atoms with E-state index in [9.17, 15) is 80.5 Å². The zero-order valence-corrected chi connectivity index (χ0v) is 54.2. The van der Waals surface area contributed by atoms with Crippen LogP contribution in [0.2, 0.25) is 0 Å². The molecule has 0 aromatic carbocycles. The van der Waals surface area contributed by atoms with Crippen LogP contribution in [0.15, 0.2) is 0 Å². The molecule has 6 unspecified atom stereocenters. The summed E-state index contributed by atoms with van der Waals surface area (Å²) in [5.41, 5.74) is -1.35. The smallest absolute Gasteiger partial charge is 0.222 e. The van der Waals surface area contributed by atoms with Crippen LogP contribution in [0, 0.1) is 0 Å². The van der Waals surface area contributed by atoms with Gasteiger partial charge in [-0.2, -0.15) is 0 Å². The van der Waals surface area contributed by atoms with E-state index >= 15 is 0 Å². The molecule has 94 heavy (non-hydrogen) atoms. The molecular weight excluding hydrogens is 1260 g/mol. The zero-order valence-electron chi connectivity index (χ0n) is 54.2. The number of hydrogen-bond acceptors (Lipinski definition) is 32. The van der Waals surface area contributed by atoms with Gasteiger partial charge < -0.3 is 158 Å². The minimum absolute atomic E-state index is 0.0329. The van der Waals surface area contributed by atoms with Crippen LogP contribution in [-0.4, -0.2) is 386 Å². The molecule has 552 valence electrons. The summed E-state index contributed by atoms with van der Waals surface area (Å²) in [4.78, 5) is 54.4. The van der Waals surface area contributed by atoms with Gasteiger partial charge in [0.1, 0.15) is 78.8 Å². The number of carbonyl (C=O) groups is 4. The van der Waals surface area contributed by atoms with Gasteiger partial charge in [-0.05, 0) is 33.0 Å². The van der Waals surface area contributed by atoms with Gasteiger partial charge in [-0.1, -0.05) is 13.3 Å². The van der Waals surface area contributed by atoms with E-state index in [1.54, 1.807) is 0 Å². The number of aliphatic hydroxyl groups excluding tert-OH is 12. The quantitative estimate of drug-likeness (QED) is 0.0252. The van der Waals surface area contributed by atoms with Gasteiger partial charge in [-0.15, -0.1) is 0 Å². The average Bonchev–Trinajstić information content (AvgIpc) is 0.888. The number of rotatable bonds is 56. The molecule has 15 atom stereocenters. The monoisotopic (exact) mass is 1370 g/mol. The molecule has 3 aliphatic rings. The van der Waals surface area contributed by atoms with Crippen molar-refractivity contribution in [1.29, 1.82) is 0 Å². The average molecular weight is 1370 g/mol. The van der Waals surface area contributed by atoms with Crippen molar-refractivity contribution in [1.82, 2.24) is 26.2 Å². The lowest BCUT2D eigenvalue weighted by Crippen LogP contribution is -2.59.